The monoisotopic (exact) mass is 473 g/mol. The first-order valence-corrected chi connectivity index (χ1v) is 11.4. The molecule has 0 saturated carbocycles. The van der Waals surface area contributed by atoms with E-state index >= 15 is 0 Å². The van der Waals surface area contributed by atoms with E-state index in [9.17, 15) is 4.79 Å². The molecule has 5 rings (SSSR count). The van der Waals surface area contributed by atoms with Crippen LogP contribution in [-0.2, 0) is 7.05 Å². The van der Waals surface area contributed by atoms with Gasteiger partial charge in [0.15, 0.2) is 11.5 Å². The van der Waals surface area contributed by atoms with Gasteiger partial charge in [0.2, 0.25) is 0 Å². The summed E-state index contributed by atoms with van der Waals surface area (Å²) in [5, 5.41) is 8.09. The van der Waals surface area contributed by atoms with Gasteiger partial charge in [-0.3, -0.25) is 9.48 Å². The number of aromatic nitrogens is 5. The number of para-hydroxylation sites is 1. The van der Waals surface area contributed by atoms with Crippen molar-refractivity contribution >= 4 is 22.6 Å². The minimum atomic E-state index is -0.400. The smallest absolute Gasteiger partial charge is 0.274 e. The van der Waals surface area contributed by atoms with E-state index in [-0.39, 0.29) is 17.6 Å². The predicted molar refractivity (Wildman–Crippen MR) is 139 cm³/mol. The highest BCUT2D eigenvalue weighted by atomic mass is 16.2. The molecule has 8 heteroatoms. The Bertz CT molecular complexity index is 1630. The average molecular weight is 474 g/mol. The van der Waals surface area contributed by atoms with E-state index in [1.54, 1.807) is 10.9 Å². The van der Waals surface area contributed by atoms with Crippen LogP contribution in [0.3, 0.4) is 0 Å². The first kappa shape index (κ1) is 22.7. The van der Waals surface area contributed by atoms with Gasteiger partial charge in [-0.25, -0.2) is 15.0 Å². The lowest BCUT2D eigenvalue weighted by Crippen LogP contribution is -2.29. The number of anilines is 1. The van der Waals surface area contributed by atoms with E-state index in [0.29, 0.717) is 0 Å². The van der Waals surface area contributed by atoms with Crippen LogP contribution < -0.4 is 11.1 Å². The highest BCUT2D eigenvalue weighted by Crippen LogP contribution is 2.31. The number of fused-ring (bicyclic) bond motifs is 1. The van der Waals surface area contributed by atoms with Gasteiger partial charge in [0.05, 0.1) is 34.6 Å². The van der Waals surface area contributed by atoms with Crippen molar-refractivity contribution in [3.63, 3.8) is 0 Å². The summed E-state index contributed by atoms with van der Waals surface area (Å²) in [6.07, 6.45) is 6.49. The van der Waals surface area contributed by atoms with Gasteiger partial charge in [0.1, 0.15) is 0 Å². The normalized spacial score (nSPS) is 11.5. The number of carbonyl (C=O) groups is 1. The topological polar surface area (TPSA) is 112 Å². The van der Waals surface area contributed by atoms with Gasteiger partial charge in [-0.15, -0.1) is 0 Å². The standard InChI is InChI=1S/C28H23N7O/c1-18(33-28(36)26-27(29)31-14-13-30-26)23-15-22-10-6-9-21(12-11-19-16-32-35(2)17-19)24(22)34-25(23)20-7-4-3-5-8-20/h3-10,13-18H,1-2H3,(H2,29,31)(H,33,36)/t18-/m0/s1. The van der Waals surface area contributed by atoms with Gasteiger partial charge in [-0.05, 0) is 19.1 Å². The molecule has 1 atom stereocenters. The quantitative estimate of drug-likeness (QED) is 0.383. The molecule has 0 unspecified atom stereocenters. The number of carbonyl (C=O) groups excluding carboxylic acids is 1. The molecule has 0 radical (unpaired) electrons. The zero-order valence-electron chi connectivity index (χ0n) is 19.8. The maximum atomic E-state index is 12.9. The lowest BCUT2D eigenvalue weighted by molar-refractivity contribution is 0.0935. The van der Waals surface area contributed by atoms with Crippen molar-refractivity contribution in [2.24, 2.45) is 7.05 Å². The van der Waals surface area contributed by atoms with Gasteiger partial charge in [0.25, 0.3) is 5.91 Å². The molecule has 8 nitrogen and oxygen atoms in total. The predicted octanol–water partition coefficient (Wildman–Crippen LogP) is 3.90. The number of amides is 1. The second-order valence-corrected chi connectivity index (χ2v) is 8.31. The van der Waals surface area contributed by atoms with Crippen LogP contribution in [0.4, 0.5) is 5.82 Å². The van der Waals surface area contributed by atoms with Gasteiger partial charge in [-0.2, -0.15) is 5.10 Å². The Balaban J connectivity index is 1.59. The number of hydrogen-bond acceptors (Lipinski definition) is 6. The number of nitrogens with two attached hydrogens (primary N) is 1. The second-order valence-electron chi connectivity index (χ2n) is 8.31. The molecule has 3 aromatic heterocycles. The summed E-state index contributed by atoms with van der Waals surface area (Å²) in [6.45, 7) is 1.91. The van der Waals surface area contributed by atoms with E-state index in [1.165, 1.54) is 12.4 Å². The van der Waals surface area contributed by atoms with Crippen LogP contribution in [0.1, 0.15) is 40.1 Å². The highest BCUT2D eigenvalue weighted by Gasteiger charge is 2.20. The number of benzene rings is 2. The minimum absolute atomic E-state index is 0.0824. The Morgan fingerprint density at radius 1 is 1.06 bits per heavy atom. The van der Waals surface area contributed by atoms with Crippen LogP contribution >= 0.6 is 0 Å². The van der Waals surface area contributed by atoms with E-state index in [4.69, 9.17) is 10.7 Å². The van der Waals surface area contributed by atoms with Crippen LogP contribution in [-0.4, -0.2) is 30.6 Å². The van der Waals surface area contributed by atoms with Crippen molar-refractivity contribution < 1.29 is 4.79 Å². The molecule has 0 aliphatic rings. The number of hydrogen-bond donors (Lipinski definition) is 2. The third kappa shape index (κ3) is 4.63. The molecule has 0 aliphatic carbocycles. The molecule has 5 aromatic rings. The van der Waals surface area contributed by atoms with Crippen molar-refractivity contribution in [1.29, 1.82) is 0 Å². The number of pyridine rings is 1. The van der Waals surface area contributed by atoms with Crippen LogP contribution in [0.5, 0.6) is 0 Å². The van der Waals surface area contributed by atoms with Crippen molar-refractivity contribution in [2.75, 3.05) is 5.73 Å². The SMILES string of the molecule is C[C@H](NC(=O)c1nccnc1N)c1cc2cccc(C#Cc3cnn(C)c3)c2nc1-c1ccccc1. The first-order valence-electron chi connectivity index (χ1n) is 11.4. The summed E-state index contributed by atoms with van der Waals surface area (Å²) in [6, 6.07) is 17.4. The lowest BCUT2D eigenvalue weighted by atomic mass is 9.97. The minimum Gasteiger partial charge on any atom is -0.382 e. The first-order chi connectivity index (χ1) is 17.5. The second kappa shape index (κ2) is 9.68. The maximum absolute atomic E-state index is 12.9. The van der Waals surface area contributed by atoms with Gasteiger partial charge >= 0.3 is 0 Å². The molecule has 176 valence electrons. The fraction of sp³-hybridized carbons (Fsp3) is 0.107. The van der Waals surface area contributed by atoms with Crippen LogP contribution in [0, 0.1) is 11.8 Å². The molecule has 1 amide bonds. The van der Waals surface area contributed by atoms with Gasteiger partial charge < -0.3 is 11.1 Å². The van der Waals surface area contributed by atoms with Crippen molar-refractivity contribution in [3.8, 4) is 23.1 Å². The summed E-state index contributed by atoms with van der Waals surface area (Å²) in [5.74, 6) is 6.09. The molecule has 3 heterocycles. The van der Waals surface area contributed by atoms with Crippen molar-refractivity contribution in [1.82, 2.24) is 30.0 Å². The Kier molecular flexibility index (Phi) is 6.12. The highest BCUT2D eigenvalue weighted by molar-refractivity contribution is 5.96. The summed E-state index contributed by atoms with van der Waals surface area (Å²) in [4.78, 5) is 26.0. The van der Waals surface area contributed by atoms with Crippen molar-refractivity contribution in [3.05, 3.63) is 102 Å². The zero-order valence-corrected chi connectivity index (χ0v) is 19.8. The molecule has 0 aliphatic heterocycles. The van der Waals surface area contributed by atoms with E-state index in [2.05, 4.69) is 32.2 Å². The molecule has 0 bridgehead atoms. The van der Waals surface area contributed by atoms with Crippen LogP contribution in [0.15, 0.2) is 79.4 Å². The summed E-state index contributed by atoms with van der Waals surface area (Å²) in [5.41, 5.74) is 10.9. The third-order valence-electron chi connectivity index (χ3n) is 5.72. The molecular formula is C28H23N7O. The fourth-order valence-corrected chi connectivity index (χ4v) is 3.96. The number of nitrogens with zero attached hydrogens (tertiary/aromatic N) is 5. The summed E-state index contributed by atoms with van der Waals surface area (Å²) >= 11 is 0. The number of nitrogen functional groups attached to an aromatic ring is 1. The Labute approximate surface area is 208 Å². The van der Waals surface area contributed by atoms with E-state index in [0.717, 1.165) is 38.9 Å². The lowest BCUT2D eigenvalue weighted by Gasteiger charge is -2.19. The average Bonchev–Trinajstić information content (AvgIpc) is 3.32. The van der Waals surface area contributed by atoms with Crippen molar-refractivity contribution in [2.45, 2.75) is 13.0 Å². The molecule has 2 aromatic carbocycles. The Morgan fingerprint density at radius 3 is 2.61 bits per heavy atom. The van der Waals surface area contributed by atoms with Gasteiger partial charge in [0, 0.05) is 42.2 Å². The molecule has 3 N–H and O–H groups in total. The largest absolute Gasteiger partial charge is 0.382 e. The van der Waals surface area contributed by atoms with Crippen LogP contribution in [0.25, 0.3) is 22.2 Å². The molecule has 0 spiro atoms. The third-order valence-corrected chi connectivity index (χ3v) is 5.72. The molecule has 36 heavy (non-hydrogen) atoms. The van der Waals surface area contributed by atoms with E-state index < -0.39 is 5.91 Å². The molecule has 0 saturated heterocycles. The molecule has 0 fully saturated rings. The zero-order chi connectivity index (χ0) is 25.1. The summed E-state index contributed by atoms with van der Waals surface area (Å²) < 4.78 is 1.72. The number of rotatable bonds is 4. The van der Waals surface area contributed by atoms with Gasteiger partial charge in [-0.1, -0.05) is 54.3 Å². The fourth-order valence-electron chi connectivity index (χ4n) is 3.96. The Morgan fingerprint density at radius 2 is 1.86 bits per heavy atom. The summed E-state index contributed by atoms with van der Waals surface area (Å²) in [7, 11) is 1.86. The van der Waals surface area contributed by atoms with E-state index in [1.807, 2.05) is 74.8 Å². The number of nitrogens with one attached hydrogen (secondary N) is 1. The maximum Gasteiger partial charge on any atom is 0.274 e. The Hall–Kier alpha value is -5.03. The molecular weight excluding hydrogens is 450 g/mol. The van der Waals surface area contributed by atoms with Crippen LogP contribution in [0.2, 0.25) is 0 Å². The number of aryl methyl sites for hydroxylation is 1.